The first kappa shape index (κ1) is 13.4. The summed E-state index contributed by atoms with van der Waals surface area (Å²) in [6.45, 7) is 5.82. The number of hydrogen-bond donors (Lipinski definition) is 1. The molecule has 0 heterocycles. The summed E-state index contributed by atoms with van der Waals surface area (Å²) in [6.07, 6.45) is 5.10. The van der Waals surface area contributed by atoms with Crippen molar-refractivity contribution in [2.75, 3.05) is 13.7 Å². The zero-order valence-electron chi connectivity index (χ0n) is 11.8. The minimum absolute atomic E-state index is 0.539. The van der Waals surface area contributed by atoms with Crippen LogP contribution in [-0.4, -0.2) is 19.7 Å². The zero-order chi connectivity index (χ0) is 13.0. The third kappa shape index (κ3) is 3.74. The Kier molecular flexibility index (Phi) is 4.28. The first-order chi connectivity index (χ1) is 8.59. The highest BCUT2D eigenvalue weighted by atomic mass is 16.5. The highest BCUT2D eigenvalue weighted by Crippen LogP contribution is 2.36. The van der Waals surface area contributed by atoms with Crippen molar-refractivity contribution >= 4 is 0 Å². The van der Waals surface area contributed by atoms with E-state index in [0.29, 0.717) is 5.41 Å². The van der Waals surface area contributed by atoms with Crippen LogP contribution in [0.4, 0.5) is 0 Å². The molecular weight excluding hydrogens is 222 g/mol. The fourth-order valence-corrected chi connectivity index (χ4v) is 2.82. The minimum Gasteiger partial charge on any atom is -0.497 e. The maximum Gasteiger partial charge on any atom is 0.118 e. The molecule has 100 valence electrons. The highest BCUT2D eigenvalue weighted by molar-refractivity contribution is 5.27. The van der Waals surface area contributed by atoms with Crippen molar-refractivity contribution in [1.82, 2.24) is 5.32 Å². The monoisotopic (exact) mass is 247 g/mol. The largest absolute Gasteiger partial charge is 0.497 e. The molecule has 0 aliphatic heterocycles. The molecule has 1 atom stereocenters. The van der Waals surface area contributed by atoms with E-state index in [1.165, 1.54) is 24.8 Å². The molecule has 1 aromatic carbocycles. The fourth-order valence-electron chi connectivity index (χ4n) is 2.82. The third-order valence-corrected chi connectivity index (χ3v) is 3.97. The van der Waals surface area contributed by atoms with Crippen molar-refractivity contribution in [1.29, 1.82) is 0 Å². The van der Waals surface area contributed by atoms with Gasteiger partial charge in [0.15, 0.2) is 0 Å². The lowest BCUT2D eigenvalue weighted by molar-refractivity contribution is 0.365. The molecule has 1 saturated carbocycles. The molecule has 1 unspecified atom stereocenters. The normalized spacial score (nSPS) is 22.1. The van der Waals surface area contributed by atoms with E-state index < -0.39 is 0 Å². The van der Waals surface area contributed by atoms with E-state index in [4.69, 9.17) is 4.74 Å². The molecule has 1 aliphatic rings. The van der Waals surface area contributed by atoms with Crippen molar-refractivity contribution in [2.24, 2.45) is 5.41 Å². The Morgan fingerprint density at radius 3 is 2.56 bits per heavy atom. The van der Waals surface area contributed by atoms with Crippen molar-refractivity contribution in [2.45, 2.75) is 45.6 Å². The quantitative estimate of drug-likeness (QED) is 0.861. The topological polar surface area (TPSA) is 21.3 Å². The first-order valence-electron chi connectivity index (χ1n) is 6.95. The highest BCUT2D eigenvalue weighted by Gasteiger charge is 2.30. The van der Waals surface area contributed by atoms with Gasteiger partial charge in [0.2, 0.25) is 0 Å². The van der Waals surface area contributed by atoms with Gasteiger partial charge in [-0.05, 0) is 55.3 Å². The summed E-state index contributed by atoms with van der Waals surface area (Å²) in [5.74, 6) is 0.934. The molecule has 0 bridgehead atoms. The first-order valence-corrected chi connectivity index (χ1v) is 6.95. The summed E-state index contributed by atoms with van der Waals surface area (Å²) in [5.41, 5.74) is 1.91. The fraction of sp³-hybridized carbons (Fsp3) is 0.625. The number of benzene rings is 1. The standard InChI is InChI=1S/C16H25NO/c1-16(2)10-8-14(12-16)17-11-9-13-4-6-15(18-3)7-5-13/h4-7,14,17H,8-12H2,1-3H3. The molecule has 0 aromatic heterocycles. The molecule has 2 nitrogen and oxygen atoms in total. The smallest absolute Gasteiger partial charge is 0.118 e. The molecular formula is C16H25NO. The molecule has 0 radical (unpaired) electrons. The number of hydrogen-bond acceptors (Lipinski definition) is 2. The maximum absolute atomic E-state index is 5.16. The van der Waals surface area contributed by atoms with Crippen LogP contribution < -0.4 is 10.1 Å². The van der Waals surface area contributed by atoms with Crippen LogP contribution in [0.3, 0.4) is 0 Å². The molecule has 2 heteroatoms. The van der Waals surface area contributed by atoms with Gasteiger partial charge >= 0.3 is 0 Å². The van der Waals surface area contributed by atoms with Crippen molar-refractivity contribution in [3.8, 4) is 5.75 Å². The Labute approximate surface area is 111 Å². The lowest BCUT2D eigenvalue weighted by Gasteiger charge is -2.17. The lowest BCUT2D eigenvalue weighted by atomic mass is 9.92. The van der Waals surface area contributed by atoms with E-state index >= 15 is 0 Å². The predicted octanol–water partition coefficient (Wildman–Crippen LogP) is 3.41. The van der Waals surface area contributed by atoms with Gasteiger partial charge in [-0.3, -0.25) is 0 Å². The Morgan fingerprint density at radius 1 is 1.28 bits per heavy atom. The van der Waals surface area contributed by atoms with Crippen LogP contribution in [0.15, 0.2) is 24.3 Å². The molecule has 1 fully saturated rings. The number of nitrogens with one attached hydrogen (secondary N) is 1. The van der Waals surface area contributed by atoms with Gasteiger partial charge in [0.25, 0.3) is 0 Å². The van der Waals surface area contributed by atoms with E-state index in [1.54, 1.807) is 7.11 Å². The number of rotatable bonds is 5. The van der Waals surface area contributed by atoms with Crippen LogP contribution in [0.5, 0.6) is 5.75 Å². The summed E-state index contributed by atoms with van der Waals surface area (Å²) >= 11 is 0. The Morgan fingerprint density at radius 2 is 2.00 bits per heavy atom. The van der Waals surface area contributed by atoms with Gasteiger partial charge in [-0.1, -0.05) is 26.0 Å². The van der Waals surface area contributed by atoms with Gasteiger partial charge in [-0.25, -0.2) is 0 Å². The van der Waals surface area contributed by atoms with E-state index in [2.05, 4.69) is 31.3 Å². The van der Waals surface area contributed by atoms with Gasteiger partial charge < -0.3 is 10.1 Å². The summed E-state index contributed by atoms with van der Waals surface area (Å²) in [6, 6.07) is 9.10. The van der Waals surface area contributed by atoms with E-state index in [0.717, 1.165) is 24.8 Å². The molecule has 18 heavy (non-hydrogen) atoms. The second-order valence-corrected chi connectivity index (χ2v) is 6.16. The maximum atomic E-state index is 5.16. The van der Waals surface area contributed by atoms with Gasteiger partial charge in [0.1, 0.15) is 5.75 Å². The van der Waals surface area contributed by atoms with Gasteiger partial charge in [-0.15, -0.1) is 0 Å². The number of methoxy groups -OCH3 is 1. The van der Waals surface area contributed by atoms with E-state index in [1.807, 2.05) is 12.1 Å². The lowest BCUT2D eigenvalue weighted by Crippen LogP contribution is -2.29. The third-order valence-electron chi connectivity index (χ3n) is 3.97. The van der Waals surface area contributed by atoms with E-state index in [9.17, 15) is 0 Å². The Hall–Kier alpha value is -1.02. The van der Waals surface area contributed by atoms with Crippen LogP contribution in [-0.2, 0) is 6.42 Å². The van der Waals surface area contributed by atoms with Crippen LogP contribution in [0.25, 0.3) is 0 Å². The van der Waals surface area contributed by atoms with Crippen LogP contribution in [0, 0.1) is 5.41 Å². The minimum atomic E-state index is 0.539. The summed E-state index contributed by atoms with van der Waals surface area (Å²) in [7, 11) is 1.71. The molecule has 1 aliphatic carbocycles. The van der Waals surface area contributed by atoms with Gasteiger partial charge in [-0.2, -0.15) is 0 Å². The summed E-state index contributed by atoms with van der Waals surface area (Å²) in [4.78, 5) is 0. The molecule has 0 saturated heterocycles. The molecule has 2 rings (SSSR count). The molecule has 1 N–H and O–H groups in total. The molecule has 0 spiro atoms. The SMILES string of the molecule is COc1ccc(CCNC2CCC(C)(C)C2)cc1. The zero-order valence-corrected chi connectivity index (χ0v) is 11.8. The average molecular weight is 247 g/mol. The van der Waals surface area contributed by atoms with Crippen LogP contribution in [0.1, 0.15) is 38.7 Å². The summed E-state index contributed by atoms with van der Waals surface area (Å²) < 4.78 is 5.16. The second kappa shape index (κ2) is 5.75. The molecule has 0 amide bonds. The van der Waals surface area contributed by atoms with Gasteiger partial charge in [0, 0.05) is 6.04 Å². The van der Waals surface area contributed by atoms with Crippen molar-refractivity contribution < 1.29 is 4.74 Å². The van der Waals surface area contributed by atoms with Crippen LogP contribution >= 0.6 is 0 Å². The Bertz CT molecular complexity index is 369. The average Bonchev–Trinajstić information content (AvgIpc) is 2.70. The van der Waals surface area contributed by atoms with Crippen LogP contribution in [0.2, 0.25) is 0 Å². The van der Waals surface area contributed by atoms with Gasteiger partial charge in [0.05, 0.1) is 7.11 Å². The summed E-state index contributed by atoms with van der Waals surface area (Å²) in [5, 5.41) is 3.68. The Balaban J connectivity index is 1.72. The predicted molar refractivity (Wildman–Crippen MR) is 76.1 cm³/mol. The van der Waals surface area contributed by atoms with Crippen molar-refractivity contribution in [3.05, 3.63) is 29.8 Å². The van der Waals surface area contributed by atoms with E-state index in [-0.39, 0.29) is 0 Å². The van der Waals surface area contributed by atoms with Crippen molar-refractivity contribution in [3.63, 3.8) is 0 Å². The second-order valence-electron chi connectivity index (χ2n) is 6.16. The number of ether oxygens (including phenoxy) is 1. The molecule has 1 aromatic rings.